The van der Waals surface area contributed by atoms with Crippen LogP contribution in [-0.4, -0.2) is 4.92 Å². The van der Waals surface area contributed by atoms with Crippen LogP contribution in [0.4, 0.5) is 17.1 Å². The van der Waals surface area contributed by atoms with E-state index in [1.807, 2.05) is 22.6 Å². The van der Waals surface area contributed by atoms with Crippen molar-refractivity contribution in [1.29, 1.82) is 0 Å². The number of hydrogen-bond acceptors (Lipinski definition) is 3. The summed E-state index contributed by atoms with van der Waals surface area (Å²) in [5.74, 6) is 0. The normalized spacial score (nSPS) is 10.4. The van der Waals surface area contributed by atoms with E-state index in [9.17, 15) is 10.1 Å². The van der Waals surface area contributed by atoms with Crippen LogP contribution < -0.4 is 5.32 Å². The van der Waals surface area contributed by atoms with Crippen molar-refractivity contribution in [2.45, 2.75) is 0 Å². The zero-order valence-corrected chi connectivity index (χ0v) is 14.1. The van der Waals surface area contributed by atoms with E-state index in [1.54, 1.807) is 18.2 Å². The van der Waals surface area contributed by atoms with Crippen LogP contribution in [0.15, 0.2) is 30.3 Å². The maximum atomic E-state index is 10.8. The van der Waals surface area contributed by atoms with Crippen LogP contribution in [-0.2, 0) is 0 Å². The number of nitro benzene ring substituents is 1. The summed E-state index contributed by atoms with van der Waals surface area (Å²) >= 11 is 19.7. The fourth-order valence-corrected chi connectivity index (χ4v) is 2.81. The molecule has 4 nitrogen and oxygen atoms in total. The Morgan fingerprint density at radius 3 is 2.30 bits per heavy atom. The van der Waals surface area contributed by atoms with E-state index in [0.29, 0.717) is 30.0 Å². The maximum absolute atomic E-state index is 10.8. The third-order valence-corrected chi connectivity index (χ3v) is 4.33. The minimum absolute atomic E-state index is 0.0522. The first kappa shape index (κ1) is 15.6. The summed E-state index contributed by atoms with van der Waals surface area (Å²) in [6.07, 6.45) is 0. The van der Waals surface area contributed by atoms with Gasteiger partial charge in [-0.3, -0.25) is 10.1 Å². The fraction of sp³-hybridized carbons (Fsp3) is 0. The van der Waals surface area contributed by atoms with Gasteiger partial charge >= 0.3 is 0 Å². The number of nitrogens with zero attached hydrogens (tertiary/aromatic N) is 1. The highest BCUT2D eigenvalue weighted by molar-refractivity contribution is 14.1. The Kier molecular flexibility index (Phi) is 4.95. The van der Waals surface area contributed by atoms with Gasteiger partial charge in [0.05, 0.1) is 29.2 Å². The number of rotatable bonds is 3. The van der Waals surface area contributed by atoms with Gasteiger partial charge in [-0.15, -0.1) is 0 Å². The number of anilines is 2. The first-order chi connectivity index (χ1) is 9.38. The Hall–Kier alpha value is -0.760. The zero-order valence-electron chi connectivity index (χ0n) is 9.66. The number of nitro groups is 1. The molecule has 2 aromatic rings. The monoisotopic (exact) mass is 442 g/mol. The van der Waals surface area contributed by atoms with Crippen LogP contribution in [0.3, 0.4) is 0 Å². The Morgan fingerprint density at radius 2 is 1.70 bits per heavy atom. The summed E-state index contributed by atoms with van der Waals surface area (Å²) in [5.41, 5.74) is 1.29. The van der Waals surface area contributed by atoms with E-state index in [4.69, 9.17) is 34.8 Å². The molecular weight excluding hydrogens is 437 g/mol. The van der Waals surface area contributed by atoms with Crippen LogP contribution >= 0.6 is 57.4 Å². The molecule has 0 aromatic heterocycles. The van der Waals surface area contributed by atoms with Gasteiger partial charge in [0, 0.05) is 11.8 Å². The van der Waals surface area contributed by atoms with Gasteiger partial charge in [-0.1, -0.05) is 34.8 Å². The molecule has 0 bridgehead atoms. The third-order valence-electron chi connectivity index (χ3n) is 2.43. The molecular formula is C12H6Cl3IN2O2. The molecule has 0 saturated carbocycles. The van der Waals surface area contributed by atoms with Crippen molar-refractivity contribution < 1.29 is 4.92 Å². The van der Waals surface area contributed by atoms with E-state index in [1.165, 1.54) is 12.1 Å². The van der Waals surface area contributed by atoms with Gasteiger partial charge in [-0.05, 0) is 46.9 Å². The third kappa shape index (κ3) is 3.46. The highest BCUT2D eigenvalue weighted by atomic mass is 127. The topological polar surface area (TPSA) is 55.2 Å². The molecule has 0 fully saturated rings. The second-order valence-corrected chi connectivity index (χ2v) is 6.18. The first-order valence-corrected chi connectivity index (χ1v) is 7.45. The van der Waals surface area contributed by atoms with Gasteiger partial charge in [0.25, 0.3) is 5.69 Å². The van der Waals surface area contributed by atoms with Crippen LogP contribution in [0.2, 0.25) is 15.1 Å². The van der Waals surface area contributed by atoms with Gasteiger partial charge in [-0.25, -0.2) is 0 Å². The quantitative estimate of drug-likeness (QED) is 0.278. The van der Waals surface area contributed by atoms with Gasteiger partial charge in [0.15, 0.2) is 0 Å². The van der Waals surface area contributed by atoms with E-state index < -0.39 is 4.92 Å². The van der Waals surface area contributed by atoms with Crippen LogP contribution in [0.25, 0.3) is 0 Å². The molecule has 0 radical (unpaired) electrons. The fourth-order valence-electron chi connectivity index (χ4n) is 1.51. The second-order valence-electron chi connectivity index (χ2n) is 3.79. The van der Waals surface area contributed by atoms with Crippen molar-refractivity contribution in [3.8, 4) is 0 Å². The van der Waals surface area contributed by atoms with Gasteiger partial charge in [-0.2, -0.15) is 0 Å². The molecule has 0 saturated heterocycles. The average Bonchev–Trinajstić information content (AvgIpc) is 2.35. The predicted molar refractivity (Wildman–Crippen MR) is 90.6 cm³/mol. The highest BCUT2D eigenvalue weighted by Gasteiger charge is 2.12. The number of nitrogens with one attached hydrogen (secondary N) is 1. The number of halogens is 4. The van der Waals surface area contributed by atoms with Crippen molar-refractivity contribution in [2.75, 3.05) is 5.32 Å². The van der Waals surface area contributed by atoms with Gasteiger partial charge < -0.3 is 5.32 Å². The van der Waals surface area contributed by atoms with E-state index in [-0.39, 0.29) is 5.69 Å². The number of benzene rings is 2. The molecule has 0 unspecified atom stereocenters. The Labute approximate surface area is 143 Å². The van der Waals surface area contributed by atoms with Crippen LogP contribution in [0.1, 0.15) is 0 Å². The summed E-state index contributed by atoms with van der Waals surface area (Å²) < 4.78 is 0.522. The van der Waals surface area contributed by atoms with E-state index in [2.05, 4.69) is 5.32 Å². The largest absolute Gasteiger partial charge is 0.354 e. The lowest BCUT2D eigenvalue weighted by atomic mass is 10.2. The second kappa shape index (κ2) is 6.34. The summed E-state index contributed by atoms with van der Waals surface area (Å²) in [6, 6.07) is 7.80. The van der Waals surface area contributed by atoms with Gasteiger partial charge in [0.2, 0.25) is 0 Å². The molecule has 0 atom stereocenters. The molecule has 8 heteroatoms. The molecule has 0 heterocycles. The minimum atomic E-state index is -0.433. The van der Waals surface area contributed by atoms with Gasteiger partial charge in [0.1, 0.15) is 0 Å². The minimum Gasteiger partial charge on any atom is -0.354 e. The highest BCUT2D eigenvalue weighted by Crippen LogP contribution is 2.34. The molecule has 2 rings (SSSR count). The van der Waals surface area contributed by atoms with E-state index >= 15 is 0 Å². The SMILES string of the molecule is O=[N+]([O-])c1ccc(Nc2cc(Cl)c(Cl)cc2Cl)cc1I. The van der Waals surface area contributed by atoms with Crippen molar-refractivity contribution in [3.63, 3.8) is 0 Å². The zero-order chi connectivity index (χ0) is 14.9. The van der Waals surface area contributed by atoms with Crippen LogP contribution in [0.5, 0.6) is 0 Å². The summed E-state index contributed by atoms with van der Waals surface area (Å²) in [4.78, 5) is 10.3. The predicted octanol–water partition coefficient (Wildman–Crippen LogP) is 5.90. The lowest BCUT2D eigenvalue weighted by molar-refractivity contribution is -0.385. The molecule has 2 aromatic carbocycles. The average molecular weight is 443 g/mol. The summed E-state index contributed by atoms with van der Waals surface area (Å²) in [6.45, 7) is 0. The lowest BCUT2D eigenvalue weighted by Crippen LogP contribution is -1.95. The first-order valence-electron chi connectivity index (χ1n) is 5.24. The Bertz CT molecular complexity index is 695. The number of hydrogen-bond donors (Lipinski definition) is 1. The summed E-state index contributed by atoms with van der Waals surface area (Å²) in [5, 5.41) is 14.9. The smallest absolute Gasteiger partial charge is 0.282 e. The maximum Gasteiger partial charge on any atom is 0.282 e. The van der Waals surface area contributed by atoms with E-state index in [0.717, 1.165) is 0 Å². The molecule has 104 valence electrons. The van der Waals surface area contributed by atoms with Crippen LogP contribution in [0, 0.1) is 13.7 Å². The van der Waals surface area contributed by atoms with Crippen molar-refractivity contribution >= 4 is 74.5 Å². The molecule has 0 aliphatic rings. The van der Waals surface area contributed by atoms with Crippen molar-refractivity contribution in [3.05, 3.63) is 59.1 Å². The Balaban J connectivity index is 2.33. The molecule has 20 heavy (non-hydrogen) atoms. The molecule has 0 amide bonds. The molecule has 0 spiro atoms. The van der Waals surface area contributed by atoms with Crippen molar-refractivity contribution in [2.24, 2.45) is 0 Å². The molecule has 0 aliphatic heterocycles. The lowest BCUT2D eigenvalue weighted by Gasteiger charge is -2.10. The summed E-state index contributed by atoms with van der Waals surface area (Å²) in [7, 11) is 0. The Morgan fingerprint density at radius 1 is 1.05 bits per heavy atom. The molecule has 0 aliphatic carbocycles. The standard InChI is InChI=1S/C12H6Cl3IN2O2/c13-7-4-9(15)11(5-8(7)14)17-6-1-2-12(18(19)20)10(16)3-6/h1-5,17H. The molecule has 1 N–H and O–H groups in total. The van der Waals surface area contributed by atoms with Crippen molar-refractivity contribution in [1.82, 2.24) is 0 Å².